The van der Waals surface area contributed by atoms with Crippen molar-refractivity contribution in [3.05, 3.63) is 64.0 Å². The van der Waals surface area contributed by atoms with Crippen molar-refractivity contribution in [2.45, 2.75) is 33.7 Å². The molecule has 0 saturated heterocycles. The molecule has 112 valence electrons. The molecule has 21 heavy (non-hydrogen) atoms. The third-order valence-electron chi connectivity index (χ3n) is 3.68. The molecule has 0 radical (unpaired) electrons. The van der Waals surface area contributed by atoms with Gasteiger partial charge in [0.1, 0.15) is 18.2 Å². The molecule has 2 aromatic carbocycles. The maximum absolute atomic E-state index is 13.3. The maximum atomic E-state index is 13.3. The van der Waals surface area contributed by atoms with Crippen molar-refractivity contribution in [1.82, 2.24) is 0 Å². The molecule has 2 N–H and O–H groups in total. The van der Waals surface area contributed by atoms with Gasteiger partial charge in [0.25, 0.3) is 0 Å². The predicted octanol–water partition coefficient (Wildman–Crippen LogP) is 4.14. The average Bonchev–Trinajstić information content (AvgIpc) is 2.38. The lowest BCUT2D eigenvalue weighted by Gasteiger charge is -2.19. The third-order valence-corrected chi connectivity index (χ3v) is 3.68. The zero-order valence-electron chi connectivity index (χ0n) is 13.0. The number of hydrogen-bond donors (Lipinski definition) is 1. The average molecular weight is 287 g/mol. The van der Waals surface area contributed by atoms with Crippen LogP contribution in [-0.2, 0) is 0 Å². The van der Waals surface area contributed by atoms with E-state index in [1.165, 1.54) is 28.8 Å². The van der Waals surface area contributed by atoms with Gasteiger partial charge in [0.05, 0.1) is 6.04 Å². The van der Waals surface area contributed by atoms with Crippen LogP contribution in [0.4, 0.5) is 4.39 Å². The van der Waals surface area contributed by atoms with Crippen LogP contribution in [0, 0.1) is 33.5 Å². The summed E-state index contributed by atoms with van der Waals surface area (Å²) in [7, 11) is 0. The van der Waals surface area contributed by atoms with Crippen molar-refractivity contribution in [2.24, 2.45) is 5.73 Å². The Morgan fingerprint density at radius 2 is 1.62 bits per heavy atom. The van der Waals surface area contributed by atoms with E-state index in [2.05, 4.69) is 32.9 Å². The van der Waals surface area contributed by atoms with Crippen LogP contribution in [0.15, 0.2) is 30.3 Å². The van der Waals surface area contributed by atoms with Crippen molar-refractivity contribution >= 4 is 0 Å². The Morgan fingerprint density at radius 3 is 2.24 bits per heavy atom. The topological polar surface area (TPSA) is 35.2 Å². The minimum absolute atomic E-state index is 0.228. The molecule has 0 saturated carbocycles. The van der Waals surface area contributed by atoms with Crippen LogP contribution in [0.5, 0.6) is 5.75 Å². The molecule has 2 nitrogen and oxygen atoms in total. The Balaban J connectivity index is 2.15. The van der Waals surface area contributed by atoms with E-state index in [4.69, 9.17) is 10.5 Å². The minimum atomic E-state index is -0.299. The van der Waals surface area contributed by atoms with E-state index in [0.29, 0.717) is 12.4 Å². The summed E-state index contributed by atoms with van der Waals surface area (Å²) in [4.78, 5) is 0. The van der Waals surface area contributed by atoms with Gasteiger partial charge in [-0.05, 0) is 56.0 Å². The Hall–Kier alpha value is -1.87. The predicted molar refractivity (Wildman–Crippen MR) is 84.2 cm³/mol. The van der Waals surface area contributed by atoms with Crippen LogP contribution < -0.4 is 10.5 Å². The van der Waals surface area contributed by atoms with Crippen molar-refractivity contribution in [2.75, 3.05) is 6.61 Å². The van der Waals surface area contributed by atoms with Gasteiger partial charge < -0.3 is 10.5 Å². The largest absolute Gasteiger partial charge is 0.491 e. The summed E-state index contributed by atoms with van der Waals surface area (Å²) >= 11 is 0. The summed E-state index contributed by atoms with van der Waals surface area (Å²) in [6, 6.07) is 8.55. The number of aryl methyl sites for hydroxylation is 4. The molecule has 0 aliphatic heterocycles. The summed E-state index contributed by atoms with van der Waals surface area (Å²) in [5.41, 5.74) is 11.8. The molecule has 0 amide bonds. The molecule has 2 aromatic rings. The van der Waals surface area contributed by atoms with Crippen molar-refractivity contribution < 1.29 is 9.13 Å². The highest BCUT2D eigenvalue weighted by Crippen LogP contribution is 2.24. The molecule has 0 aliphatic rings. The number of halogens is 1. The number of benzene rings is 2. The fraction of sp³-hybridized carbons (Fsp3) is 0.333. The molecule has 0 aliphatic carbocycles. The number of ether oxygens (including phenoxy) is 1. The van der Waals surface area contributed by atoms with E-state index < -0.39 is 0 Å². The van der Waals surface area contributed by atoms with Crippen LogP contribution in [0.1, 0.15) is 33.9 Å². The smallest absolute Gasteiger partial charge is 0.126 e. The lowest BCUT2D eigenvalue weighted by molar-refractivity contribution is 0.287. The SMILES string of the molecule is Cc1cc(C)c(C(N)COc2cc(F)ccc2C)c(C)c1. The zero-order chi connectivity index (χ0) is 15.6. The van der Waals surface area contributed by atoms with Crippen LogP contribution in [0.3, 0.4) is 0 Å². The summed E-state index contributed by atoms with van der Waals surface area (Å²) in [5, 5.41) is 0. The Kier molecular flexibility index (Phi) is 4.63. The summed E-state index contributed by atoms with van der Waals surface area (Å²) < 4.78 is 19.0. The first-order valence-electron chi connectivity index (χ1n) is 7.10. The highest BCUT2D eigenvalue weighted by atomic mass is 19.1. The third kappa shape index (κ3) is 3.61. The van der Waals surface area contributed by atoms with Gasteiger partial charge >= 0.3 is 0 Å². The second-order valence-electron chi connectivity index (χ2n) is 5.64. The maximum Gasteiger partial charge on any atom is 0.126 e. The summed E-state index contributed by atoms with van der Waals surface area (Å²) in [5.74, 6) is 0.250. The molecule has 1 unspecified atom stereocenters. The zero-order valence-corrected chi connectivity index (χ0v) is 13.0. The molecule has 2 rings (SSSR count). The van der Waals surface area contributed by atoms with Gasteiger partial charge in [-0.2, -0.15) is 0 Å². The van der Waals surface area contributed by atoms with E-state index in [-0.39, 0.29) is 11.9 Å². The van der Waals surface area contributed by atoms with Gasteiger partial charge in [-0.3, -0.25) is 0 Å². The van der Waals surface area contributed by atoms with Gasteiger partial charge in [-0.15, -0.1) is 0 Å². The first-order chi connectivity index (χ1) is 9.88. The van der Waals surface area contributed by atoms with Crippen LogP contribution in [0.25, 0.3) is 0 Å². The Labute approximate surface area is 125 Å². The highest BCUT2D eigenvalue weighted by Gasteiger charge is 2.14. The van der Waals surface area contributed by atoms with E-state index >= 15 is 0 Å². The molecule has 0 fully saturated rings. The normalized spacial score (nSPS) is 12.3. The standard InChI is InChI=1S/C18H22FNO/c1-11-7-13(3)18(14(4)8-11)16(20)10-21-17-9-15(19)6-5-12(17)2/h5-9,16H,10,20H2,1-4H3. The molecule has 1 atom stereocenters. The molecular formula is C18H22FNO. The first-order valence-corrected chi connectivity index (χ1v) is 7.10. The lowest BCUT2D eigenvalue weighted by Crippen LogP contribution is -2.21. The van der Waals surface area contributed by atoms with Gasteiger partial charge in [-0.25, -0.2) is 4.39 Å². The first kappa shape index (κ1) is 15.5. The van der Waals surface area contributed by atoms with Gasteiger partial charge in [0.15, 0.2) is 0 Å². The van der Waals surface area contributed by atoms with E-state index in [9.17, 15) is 4.39 Å². The van der Waals surface area contributed by atoms with E-state index in [0.717, 1.165) is 11.1 Å². The lowest BCUT2D eigenvalue weighted by atomic mass is 9.95. The van der Waals surface area contributed by atoms with E-state index in [1.54, 1.807) is 6.07 Å². The highest BCUT2D eigenvalue weighted by molar-refractivity contribution is 5.40. The second kappa shape index (κ2) is 6.27. The number of rotatable bonds is 4. The summed E-state index contributed by atoms with van der Waals surface area (Å²) in [6.45, 7) is 8.41. The number of nitrogens with two attached hydrogens (primary N) is 1. The van der Waals surface area contributed by atoms with Crippen molar-refractivity contribution in [3.63, 3.8) is 0 Å². The molecule has 3 heteroatoms. The molecular weight excluding hydrogens is 265 g/mol. The van der Waals surface area contributed by atoms with Crippen molar-refractivity contribution in [3.8, 4) is 5.75 Å². The van der Waals surface area contributed by atoms with Crippen LogP contribution in [0.2, 0.25) is 0 Å². The molecule has 0 heterocycles. The van der Waals surface area contributed by atoms with Gasteiger partial charge in [0, 0.05) is 6.07 Å². The molecule has 0 spiro atoms. The summed E-state index contributed by atoms with van der Waals surface area (Å²) in [6.07, 6.45) is 0. The minimum Gasteiger partial charge on any atom is -0.491 e. The number of hydrogen-bond acceptors (Lipinski definition) is 2. The quantitative estimate of drug-likeness (QED) is 0.917. The van der Waals surface area contributed by atoms with E-state index in [1.807, 2.05) is 6.92 Å². The van der Waals surface area contributed by atoms with Crippen molar-refractivity contribution in [1.29, 1.82) is 0 Å². The Bertz CT molecular complexity index is 629. The van der Waals surface area contributed by atoms with Crippen LogP contribution in [-0.4, -0.2) is 6.61 Å². The molecule has 0 bridgehead atoms. The van der Waals surface area contributed by atoms with Crippen LogP contribution >= 0.6 is 0 Å². The second-order valence-corrected chi connectivity index (χ2v) is 5.64. The fourth-order valence-corrected chi connectivity index (χ4v) is 2.77. The fourth-order valence-electron chi connectivity index (χ4n) is 2.77. The van der Waals surface area contributed by atoms with Gasteiger partial charge in [-0.1, -0.05) is 23.8 Å². The molecule has 0 aromatic heterocycles. The Morgan fingerprint density at radius 1 is 1.00 bits per heavy atom. The van der Waals surface area contributed by atoms with Gasteiger partial charge in [0.2, 0.25) is 0 Å². The monoisotopic (exact) mass is 287 g/mol.